The first-order valence-electron chi connectivity index (χ1n) is 11.0. The van der Waals surface area contributed by atoms with Crippen LogP contribution in [0, 0.1) is 0 Å². The molecule has 1 aliphatic heterocycles. The van der Waals surface area contributed by atoms with E-state index < -0.39 is 0 Å². The molecule has 0 unspecified atom stereocenters. The number of aromatic nitrogens is 1. The maximum atomic E-state index is 12.9. The molecule has 2 aromatic rings. The summed E-state index contributed by atoms with van der Waals surface area (Å²) >= 11 is 0. The van der Waals surface area contributed by atoms with Crippen molar-refractivity contribution in [1.82, 2.24) is 4.98 Å². The average molecular weight is 397 g/mol. The third-order valence-electron chi connectivity index (χ3n) is 6.13. The Morgan fingerprint density at radius 3 is 2.72 bits per heavy atom. The highest BCUT2D eigenvalue weighted by atomic mass is 16.5. The van der Waals surface area contributed by atoms with Gasteiger partial charge in [0.15, 0.2) is 5.78 Å². The van der Waals surface area contributed by atoms with E-state index in [0.717, 1.165) is 80.7 Å². The predicted octanol–water partition coefficient (Wildman–Crippen LogP) is 3.74. The largest absolute Gasteiger partial charge is 0.381 e. The second-order valence-corrected chi connectivity index (χ2v) is 8.28. The summed E-state index contributed by atoms with van der Waals surface area (Å²) in [4.78, 5) is 19.8. The molecule has 2 aliphatic rings. The lowest BCUT2D eigenvalue weighted by molar-refractivity contribution is 0.0982. The van der Waals surface area contributed by atoms with Crippen molar-refractivity contribution >= 4 is 28.1 Å². The van der Waals surface area contributed by atoms with Gasteiger partial charge in [-0.25, -0.2) is 0 Å². The Hall–Kier alpha value is -2.18. The molecule has 1 aromatic carbocycles. The van der Waals surface area contributed by atoms with Gasteiger partial charge in [0.25, 0.3) is 0 Å². The van der Waals surface area contributed by atoms with E-state index >= 15 is 0 Å². The number of fused-ring (bicyclic) bond motifs is 1. The molecule has 1 saturated carbocycles. The zero-order valence-electron chi connectivity index (χ0n) is 17.3. The monoisotopic (exact) mass is 396 g/mol. The minimum atomic E-state index is 0.161. The number of carbonyl (C=O) groups is 1. The molecular formula is C23H32N4O2. The molecule has 0 atom stereocenters. The fraction of sp³-hybridized carbons (Fsp3) is 0.565. The van der Waals surface area contributed by atoms with Crippen molar-refractivity contribution < 1.29 is 9.53 Å². The summed E-state index contributed by atoms with van der Waals surface area (Å²) in [5.41, 5.74) is 9.84. The van der Waals surface area contributed by atoms with Gasteiger partial charge in [-0.05, 0) is 50.3 Å². The molecule has 2 heterocycles. The van der Waals surface area contributed by atoms with Crippen LogP contribution in [0.15, 0.2) is 24.4 Å². The maximum Gasteiger partial charge on any atom is 0.166 e. The Bertz CT molecular complexity index is 855. The molecule has 0 amide bonds. The van der Waals surface area contributed by atoms with Gasteiger partial charge in [0.1, 0.15) is 0 Å². The van der Waals surface area contributed by atoms with E-state index in [2.05, 4.69) is 33.4 Å². The van der Waals surface area contributed by atoms with Crippen molar-refractivity contribution in [2.75, 3.05) is 36.5 Å². The number of nitrogens with zero attached hydrogens (tertiary/aromatic N) is 2. The number of ketones is 1. The van der Waals surface area contributed by atoms with E-state index in [1.165, 1.54) is 0 Å². The Morgan fingerprint density at radius 2 is 2.00 bits per heavy atom. The molecule has 0 bridgehead atoms. The topological polar surface area (TPSA) is 80.5 Å². The Balaban J connectivity index is 1.73. The molecule has 1 aliphatic carbocycles. The van der Waals surface area contributed by atoms with Crippen molar-refractivity contribution in [1.29, 1.82) is 0 Å². The van der Waals surface area contributed by atoms with Gasteiger partial charge < -0.3 is 20.7 Å². The Labute approximate surface area is 172 Å². The van der Waals surface area contributed by atoms with Crippen molar-refractivity contribution in [3.05, 3.63) is 30.0 Å². The highest BCUT2D eigenvalue weighted by Gasteiger charge is 2.23. The van der Waals surface area contributed by atoms with Gasteiger partial charge in [0.2, 0.25) is 0 Å². The summed E-state index contributed by atoms with van der Waals surface area (Å²) in [6, 6.07) is 7.03. The Morgan fingerprint density at radius 1 is 1.24 bits per heavy atom. The van der Waals surface area contributed by atoms with Gasteiger partial charge in [0, 0.05) is 48.9 Å². The second kappa shape index (κ2) is 9.09. The van der Waals surface area contributed by atoms with Crippen LogP contribution in [0.3, 0.4) is 0 Å². The predicted molar refractivity (Wildman–Crippen MR) is 118 cm³/mol. The van der Waals surface area contributed by atoms with E-state index in [9.17, 15) is 4.79 Å². The van der Waals surface area contributed by atoms with Crippen LogP contribution in [-0.4, -0.2) is 49.2 Å². The average Bonchev–Trinajstić information content (AvgIpc) is 2.76. The number of hydrogen-bond donors (Lipinski definition) is 2. The molecule has 1 aromatic heterocycles. The van der Waals surface area contributed by atoms with Crippen molar-refractivity contribution in [3.8, 4) is 0 Å². The normalized spacial score (nSPS) is 22.6. The van der Waals surface area contributed by atoms with Crippen molar-refractivity contribution in [2.45, 2.75) is 57.5 Å². The van der Waals surface area contributed by atoms with Crippen LogP contribution < -0.4 is 16.0 Å². The van der Waals surface area contributed by atoms with E-state index in [-0.39, 0.29) is 5.78 Å². The number of benzene rings is 1. The number of nitrogens with one attached hydrogen (secondary N) is 1. The first kappa shape index (κ1) is 20.1. The third kappa shape index (κ3) is 4.54. The summed E-state index contributed by atoms with van der Waals surface area (Å²) in [5.74, 6) is 0.161. The van der Waals surface area contributed by atoms with Gasteiger partial charge in [-0.15, -0.1) is 0 Å². The van der Waals surface area contributed by atoms with Crippen LogP contribution in [0.2, 0.25) is 0 Å². The molecular weight excluding hydrogens is 364 g/mol. The molecule has 156 valence electrons. The molecule has 6 heteroatoms. The van der Waals surface area contributed by atoms with E-state index in [1.807, 2.05) is 6.92 Å². The van der Waals surface area contributed by atoms with E-state index in [4.69, 9.17) is 10.5 Å². The van der Waals surface area contributed by atoms with Crippen molar-refractivity contribution in [2.24, 2.45) is 5.73 Å². The molecule has 4 rings (SSSR count). The molecule has 2 fully saturated rings. The molecule has 6 nitrogen and oxygen atoms in total. The lowest BCUT2D eigenvalue weighted by atomic mass is 9.91. The second-order valence-electron chi connectivity index (χ2n) is 8.28. The lowest BCUT2D eigenvalue weighted by Gasteiger charge is -2.30. The summed E-state index contributed by atoms with van der Waals surface area (Å²) in [7, 11) is 0. The molecule has 0 radical (unpaired) electrons. The standard InChI is InChI=1S/C23H32N4O2/c1-2-3-22(28)20-15-25-21-9-8-18(27-10-12-29-13-11-27)14-19(21)23(20)26-17-6-4-16(24)5-7-17/h8-9,14-17H,2-7,10-13,24H2,1H3,(H,25,26)/t16-,17-. The number of ether oxygens (including phenoxy) is 1. The number of hydrogen-bond acceptors (Lipinski definition) is 6. The van der Waals surface area contributed by atoms with Crippen LogP contribution in [-0.2, 0) is 4.74 Å². The first-order valence-corrected chi connectivity index (χ1v) is 11.0. The summed E-state index contributed by atoms with van der Waals surface area (Å²) in [6.07, 6.45) is 7.26. The van der Waals surface area contributed by atoms with Crippen molar-refractivity contribution in [3.63, 3.8) is 0 Å². The first-order chi connectivity index (χ1) is 14.2. The fourth-order valence-electron chi connectivity index (χ4n) is 4.40. The number of carbonyl (C=O) groups excluding carboxylic acids is 1. The van der Waals surface area contributed by atoms with Gasteiger partial charge in [0.05, 0.1) is 30.0 Å². The SMILES string of the molecule is CCCC(=O)c1cnc2ccc(N3CCOCC3)cc2c1N[C@H]1CC[C@H](N)CC1. The summed E-state index contributed by atoms with van der Waals surface area (Å²) in [6.45, 7) is 5.31. The third-order valence-corrected chi connectivity index (χ3v) is 6.13. The van der Waals surface area contributed by atoms with Gasteiger partial charge in [-0.2, -0.15) is 0 Å². The summed E-state index contributed by atoms with van der Waals surface area (Å²) in [5, 5.41) is 4.76. The van der Waals surface area contributed by atoms with Crippen LogP contribution in [0.1, 0.15) is 55.8 Å². The smallest absolute Gasteiger partial charge is 0.166 e. The van der Waals surface area contributed by atoms with E-state index in [1.54, 1.807) is 6.20 Å². The zero-order valence-corrected chi connectivity index (χ0v) is 17.3. The fourth-order valence-corrected chi connectivity index (χ4v) is 4.40. The Kier molecular flexibility index (Phi) is 6.31. The number of anilines is 2. The van der Waals surface area contributed by atoms with Crippen LogP contribution in [0.4, 0.5) is 11.4 Å². The highest BCUT2D eigenvalue weighted by molar-refractivity contribution is 6.08. The number of nitrogens with two attached hydrogens (primary N) is 1. The highest BCUT2D eigenvalue weighted by Crippen LogP contribution is 2.33. The van der Waals surface area contributed by atoms with Crippen LogP contribution in [0.5, 0.6) is 0 Å². The van der Waals surface area contributed by atoms with E-state index in [0.29, 0.717) is 24.1 Å². The van der Waals surface area contributed by atoms with Gasteiger partial charge >= 0.3 is 0 Å². The zero-order chi connectivity index (χ0) is 20.2. The molecule has 1 saturated heterocycles. The summed E-state index contributed by atoms with van der Waals surface area (Å²) < 4.78 is 5.50. The number of morpholine rings is 1. The minimum absolute atomic E-state index is 0.161. The molecule has 29 heavy (non-hydrogen) atoms. The molecule has 0 spiro atoms. The minimum Gasteiger partial charge on any atom is -0.381 e. The van der Waals surface area contributed by atoms with Crippen LogP contribution >= 0.6 is 0 Å². The number of rotatable bonds is 6. The van der Waals surface area contributed by atoms with Gasteiger partial charge in [-0.3, -0.25) is 9.78 Å². The number of pyridine rings is 1. The van der Waals surface area contributed by atoms with Gasteiger partial charge in [-0.1, -0.05) is 6.92 Å². The maximum absolute atomic E-state index is 12.9. The number of Topliss-reactive ketones (excluding diaryl/α,β-unsaturated/α-hetero) is 1. The lowest BCUT2D eigenvalue weighted by Crippen LogP contribution is -2.36. The molecule has 3 N–H and O–H groups in total. The van der Waals surface area contributed by atoms with Crippen LogP contribution in [0.25, 0.3) is 10.9 Å². The quantitative estimate of drug-likeness (QED) is 0.724.